The molecule has 0 unspecified atom stereocenters. The van der Waals surface area contributed by atoms with E-state index in [2.05, 4.69) is 5.32 Å². The molecule has 1 aliphatic heterocycles. The molecular formula is C13H24N2O5. The average molecular weight is 288 g/mol. The van der Waals surface area contributed by atoms with Gasteiger partial charge in [-0.05, 0) is 13.8 Å². The Hall–Kier alpha value is -1.18. The molecule has 0 radical (unpaired) electrons. The van der Waals surface area contributed by atoms with Gasteiger partial charge in [0.25, 0.3) is 0 Å². The first-order valence-electron chi connectivity index (χ1n) is 6.72. The zero-order chi connectivity index (χ0) is 15.0. The molecule has 0 aromatic carbocycles. The quantitative estimate of drug-likeness (QED) is 0.574. The molecule has 0 aliphatic carbocycles. The van der Waals surface area contributed by atoms with Crippen molar-refractivity contribution in [3.05, 3.63) is 0 Å². The third-order valence-corrected chi connectivity index (χ3v) is 2.92. The SMILES string of the molecule is COCCOCCOCCN1CC(=O)NC(C)(C)C1=O. The molecule has 1 aliphatic rings. The molecule has 0 aromatic rings. The summed E-state index contributed by atoms with van der Waals surface area (Å²) in [5.41, 5.74) is -0.835. The van der Waals surface area contributed by atoms with E-state index in [4.69, 9.17) is 14.2 Å². The van der Waals surface area contributed by atoms with E-state index in [0.29, 0.717) is 39.6 Å². The van der Waals surface area contributed by atoms with E-state index < -0.39 is 5.54 Å². The van der Waals surface area contributed by atoms with Crippen LogP contribution in [0.5, 0.6) is 0 Å². The predicted octanol–water partition coefficient (Wildman–Crippen LogP) is -0.597. The Morgan fingerprint density at radius 1 is 1.10 bits per heavy atom. The maximum atomic E-state index is 12.0. The molecule has 2 amide bonds. The van der Waals surface area contributed by atoms with Gasteiger partial charge in [-0.25, -0.2) is 0 Å². The molecule has 7 nitrogen and oxygen atoms in total. The van der Waals surface area contributed by atoms with Crippen LogP contribution in [-0.4, -0.2) is 75.5 Å². The first kappa shape index (κ1) is 16.9. The first-order valence-corrected chi connectivity index (χ1v) is 6.72. The van der Waals surface area contributed by atoms with Gasteiger partial charge < -0.3 is 24.4 Å². The van der Waals surface area contributed by atoms with Crippen LogP contribution in [0.25, 0.3) is 0 Å². The van der Waals surface area contributed by atoms with Crippen molar-refractivity contribution in [3.63, 3.8) is 0 Å². The number of carbonyl (C=O) groups excluding carboxylic acids is 2. The number of amides is 2. The number of hydrogen-bond donors (Lipinski definition) is 1. The maximum absolute atomic E-state index is 12.0. The van der Waals surface area contributed by atoms with Crippen molar-refractivity contribution in [2.45, 2.75) is 19.4 Å². The van der Waals surface area contributed by atoms with E-state index in [1.54, 1.807) is 21.0 Å². The molecule has 116 valence electrons. The Kier molecular flexibility index (Phi) is 6.90. The summed E-state index contributed by atoms with van der Waals surface area (Å²) < 4.78 is 15.5. The number of piperazine rings is 1. The number of nitrogens with one attached hydrogen (secondary N) is 1. The standard InChI is InChI=1S/C13H24N2O5/c1-13(2)12(17)15(10-11(16)14-13)4-5-19-8-9-20-7-6-18-3/h4-10H2,1-3H3,(H,14,16). The third-order valence-electron chi connectivity index (χ3n) is 2.92. The highest BCUT2D eigenvalue weighted by molar-refractivity contribution is 5.97. The number of rotatable bonds is 9. The lowest BCUT2D eigenvalue weighted by Crippen LogP contribution is -2.64. The minimum Gasteiger partial charge on any atom is -0.382 e. The Morgan fingerprint density at radius 2 is 1.70 bits per heavy atom. The van der Waals surface area contributed by atoms with Crippen molar-refractivity contribution in [2.75, 3.05) is 53.2 Å². The molecule has 0 aromatic heterocycles. The molecule has 1 heterocycles. The van der Waals surface area contributed by atoms with Crippen LogP contribution in [0.15, 0.2) is 0 Å². The third kappa shape index (κ3) is 5.44. The fourth-order valence-electron chi connectivity index (χ4n) is 1.90. The lowest BCUT2D eigenvalue weighted by molar-refractivity contribution is -0.149. The monoisotopic (exact) mass is 288 g/mol. The first-order chi connectivity index (χ1) is 9.47. The van der Waals surface area contributed by atoms with E-state index in [0.717, 1.165) is 0 Å². The molecule has 0 saturated carbocycles. The summed E-state index contributed by atoms with van der Waals surface area (Å²) in [5, 5.41) is 2.66. The summed E-state index contributed by atoms with van der Waals surface area (Å²) in [6, 6.07) is 0. The number of methoxy groups -OCH3 is 1. The summed E-state index contributed by atoms with van der Waals surface area (Å²) >= 11 is 0. The molecule has 0 bridgehead atoms. The van der Waals surface area contributed by atoms with Gasteiger partial charge >= 0.3 is 0 Å². The summed E-state index contributed by atoms with van der Waals surface area (Å²) in [6.07, 6.45) is 0. The summed E-state index contributed by atoms with van der Waals surface area (Å²) in [5.74, 6) is -0.227. The largest absolute Gasteiger partial charge is 0.382 e. The fraction of sp³-hybridized carbons (Fsp3) is 0.846. The van der Waals surface area contributed by atoms with Gasteiger partial charge in [0.15, 0.2) is 0 Å². The van der Waals surface area contributed by atoms with Crippen molar-refractivity contribution in [1.29, 1.82) is 0 Å². The highest BCUT2D eigenvalue weighted by Crippen LogP contribution is 2.12. The van der Waals surface area contributed by atoms with E-state index >= 15 is 0 Å². The second-order valence-electron chi connectivity index (χ2n) is 5.12. The summed E-state index contributed by atoms with van der Waals surface area (Å²) in [4.78, 5) is 25.1. The zero-order valence-electron chi connectivity index (χ0n) is 12.4. The van der Waals surface area contributed by atoms with Crippen LogP contribution in [0.1, 0.15) is 13.8 Å². The summed E-state index contributed by atoms with van der Waals surface area (Å²) in [7, 11) is 1.62. The minimum absolute atomic E-state index is 0.0861. The summed E-state index contributed by atoms with van der Waals surface area (Å²) in [6.45, 7) is 6.34. The molecular weight excluding hydrogens is 264 g/mol. The smallest absolute Gasteiger partial charge is 0.248 e. The number of hydrogen-bond acceptors (Lipinski definition) is 5. The van der Waals surface area contributed by atoms with Crippen LogP contribution in [0.3, 0.4) is 0 Å². The van der Waals surface area contributed by atoms with E-state index in [9.17, 15) is 9.59 Å². The zero-order valence-corrected chi connectivity index (χ0v) is 12.4. The Bertz CT molecular complexity index is 333. The Morgan fingerprint density at radius 3 is 2.35 bits per heavy atom. The van der Waals surface area contributed by atoms with E-state index in [-0.39, 0.29) is 18.4 Å². The molecule has 0 atom stereocenters. The lowest BCUT2D eigenvalue weighted by atomic mass is 10.0. The van der Waals surface area contributed by atoms with E-state index in [1.165, 1.54) is 4.90 Å². The molecule has 1 fully saturated rings. The number of carbonyl (C=O) groups is 2. The molecule has 7 heteroatoms. The van der Waals surface area contributed by atoms with Crippen LogP contribution in [0, 0.1) is 0 Å². The second kappa shape index (κ2) is 8.18. The number of ether oxygens (including phenoxy) is 3. The van der Waals surface area contributed by atoms with Crippen molar-refractivity contribution in [3.8, 4) is 0 Å². The number of nitrogens with zero attached hydrogens (tertiary/aromatic N) is 1. The second-order valence-corrected chi connectivity index (χ2v) is 5.12. The highest BCUT2D eigenvalue weighted by Gasteiger charge is 2.38. The van der Waals surface area contributed by atoms with Crippen molar-refractivity contribution in [2.24, 2.45) is 0 Å². The molecule has 1 rings (SSSR count). The van der Waals surface area contributed by atoms with Gasteiger partial charge in [-0.1, -0.05) is 0 Å². The Labute approximate surface area is 119 Å². The van der Waals surface area contributed by atoms with Crippen LogP contribution in [0.2, 0.25) is 0 Å². The van der Waals surface area contributed by atoms with Crippen molar-refractivity contribution >= 4 is 11.8 Å². The average Bonchev–Trinajstić information content (AvgIpc) is 2.37. The molecule has 1 N–H and O–H groups in total. The minimum atomic E-state index is -0.835. The van der Waals surface area contributed by atoms with Crippen LogP contribution >= 0.6 is 0 Å². The fourth-order valence-corrected chi connectivity index (χ4v) is 1.90. The van der Waals surface area contributed by atoms with E-state index in [1.807, 2.05) is 0 Å². The molecule has 20 heavy (non-hydrogen) atoms. The van der Waals surface area contributed by atoms with Gasteiger partial charge in [0.05, 0.1) is 39.6 Å². The van der Waals surface area contributed by atoms with Crippen LogP contribution < -0.4 is 5.32 Å². The van der Waals surface area contributed by atoms with Crippen molar-refractivity contribution < 1.29 is 23.8 Å². The normalized spacial score (nSPS) is 18.2. The van der Waals surface area contributed by atoms with Gasteiger partial charge in [-0.3, -0.25) is 9.59 Å². The van der Waals surface area contributed by atoms with Crippen LogP contribution in [-0.2, 0) is 23.8 Å². The maximum Gasteiger partial charge on any atom is 0.248 e. The van der Waals surface area contributed by atoms with Gasteiger partial charge in [0.2, 0.25) is 11.8 Å². The highest BCUT2D eigenvalue weighted by atomic mass is 16.5. The predicted molar refractivity (Wildman–Crippen MR) is 72.3 cm³/mol. The van der Waals surface area contributed by atoms with Crippen molar-refractivity contribution in [1.82, 2.24) is 10.2 Å². The van der Waals surface area contributed by atoms with Gasteiger partial charge in [-0.2, -0.15) is 0 Å². The Balaban J connectivity index is 2.15. The van der Waals surface area contributed by atoms with Crippen LogP contribution in [0.4, 0.5) is 0 Å². The molecule has 0 spiro atoms. The lowest BCUT2D eigenvalue weighted by Gasteiger charge is -2.37. The van der Waals surface area contributed by atoms with Gasteiger partial charge in [0, 0.05) is 13.7 Å². The molecule has 1 saturated heterocycles. The van der Waals surface area contributed by atoms with Gasteiger partial charge in [0.1, 0.15) is 5.54 Å². The topological polar surface area (TPSA) is 77.1 Å². The van der Waals surface area contributed by atoms with Gasteiger partial charge in [-0.15, -0.1) is 0 Å².